The summed E-state index contributed by atoms with van der Waals surface area (Å²) >= 11 is 0. The van der Waals surface area contributed by atoms with Gasteiger partial charge in [-0.15, -0.1) is 0 Å². The molecule has 0 bridgehead atoms. The van der Waals surface area contributed by atoms with Crippen molar-refractivity contribution in [2.75, 3.05) is 50.8 Å². The first-order chi connectivity index (χ1) is 16.6. The largest absolute Gasteiger partial charge is 0.493 e. The van der Waals surface area contributed by atoms with E-state index in [2.05, 4.69) is 38.1 Å². The Morgan fingerprint density at radius 2 is 1.97 bits per heavy atom. The van der Waals surface area contributed by atoms with Crippen LogP contribution in [0.1, 0.15) is 18.4 Å². The summed E-state index contributed by atoms with van der Waals surface area (Å²) in [5.74, 6) is 1.93. The van der Waals surface area contributed by atoms with Crippen molar-refractivity contribution in [1.82, 2.24) is 15.0 Å². The van der Waals surface area contributed by atoms with Gasteiger partial charge in [-0.3, -0.25) is 9.80 Å². The first-order valence-corrected chi connectivity index (χ1v) is 12.3. The minimum Gasteiger partial charge on any atom is -0.493 e. The van der Waals surface area contributed by atoms with Crippen LogP contribution in [0.4, 0.5) is 10.2 Å². The number of piperidine rings is 1. The Kier molecular flexibility index (Phi) is 5.89. The van der Waals surface area contributed by atoms with E-state index in [0.717, 1.165) is 82.2 Å². The number of hydrogen-bond donors (Lipinski definition) is 1. The number of ether oxygens (including phenoxy) is 1. The van der Waals surface area contributed by atoms with E-state index in [-0.39, 0.29) is 11.9 Å². The Morgan fingerprint density at radius 1 is 1.06 bits per heavy atom. The van der Waals surface area contributed by atoms with Crippen LogP contribution in [0.15, 0.2) is 47.0 Å². The number of likely N-dealkylation sites (tertiary alicyclic amines) is 1. The van der Waals surface area contributed by atoms with Gasteiger partial charge in [-0.2, -0.15) is 0 Å². The lowest BCUT2D eigenvalue weighted by Gasteiger charge is -2.46. The van der Waals surface area contributed by atoms with Crippen molar-refractivity contribution in [3.8, 4) is 5.75 Å². The van der Waals surface area contributed by atoms with E-state index in [1.165, 1.54) is 17.7 Å². The smallest absolute Gasteiger partial charge is 0.180 e. The number of nitrogens with zero attached hydrogens (tertiary/aromatic N) is 4. The molecule has 180 valence electrons. The van der Waals surface area contributed by atoms with E-state index in [1.54, 1.807) is 6.07 Å². The molecule has 1 aromatic heterocycles. The SMILES string of the molecule is OC1CN(Cc2cccc(OC[C@H]3CC[C@H]4CN(c5noc6ccc(F)cc56)CCN4C3)c2)C1. The maximum atomic E-state index is 13.8. The molecule has 1 N–H and O–H groups in total. The summed E-state index contributed by atoms with van der Waals surface area (Å²) in [6.45, 7) is 6.84. The van der Waals surface area contributed by atoms with Crippen molar-refractivity contribution in [3.63, 3.8) is 0 Å². The molecule has 4 heterocycles. The van der Waals surface area contributed by atoms with Crippen molar-refractivity contribution in [3.05, 3.63) is 53.8 Å². The fourth-order valence-corrected chi connectivity index (χ4v) is 5.59. The van der Waals surface area contributed by atoms with Gasteiger partial charge in [0.15, 0.2) is 11.4 Å². The molecule has 3 fully saturated rings. The number of hydrogen-bond acceptors (Lipinski definition) is 7. The number of halogens is 1. The standard InChI is InChI=1S/C26H31FN4O3/c27-20-5-7-25-24(11-20)26(28-34-25)31-9-8-30-13-19(4-6-21(30)14-31)17-33-23-3-1-2-18(10-23)12-29-15-22(32)16-29/h1-3,5,7,10-11,19,21-22,32H,4,6,8-9,12-17H2/t19-,21-/m0/s1. The molecule has 0 amide bonds. The third kappa shape index (κ3) is 4.50. The second kappa shape index (κ2) is 9.17. The van der Waals surface area contributed by atoms with E-state index in [9.17, 15) is 9.50 Å². The van der Waals surface area contributed by atoms with Gasteiger partial charge in [0.05, 0.1) is 18.1 Å². The molecule has 6 rings (SSSR count). The molecule has 7 nitrogen and oxygen atoms in total. The molecule has 0 spiro atoms. The molecular formula is C26H31FN4O3. The lowest BCUT2D eigenvalue weighted by atomic mass is 9.91. The van der Waals surface area contributed by atoms with Gasteiger partial charge in [-0.1, -0.05) is 17.3 Å². The van der Waals surface area contributed by atoms with Gasteiger partial charge >= 0.3 is 0 Å². The first kappa shape index (κ1) is 21.8. The summed E-state index contributed by atoms with van der Waals surface area (Å²) in [5, 5.41) is 14.5. The maximum Gasteiger partial charge on any atom is 0.180 e. The minimum atomic E-state index is -0.263. The highest BCUT2D eigenvalue weighted by atomic mass is 19.1. The average molecular weight is 467 g/mol. The molecule has 3 aromatic rings. The lowest BCUT2D eigenvalue weighted by molar-refractivity contribution is -0.00290. The second-order valence-corrected chi connectivity index (χ2v) is 9.99. The lowest BCUT2D eigenvalue weighted by Crippen LogP contribution is -2.57. The van der Waals surface area contributed by atoms with Crippen LogP contribution < -0.4 is 9.64 Å². The molecule has 3 saturated heterocycles. The van der Waals surface area contributed by atoms with Crippen LogP contribution in [0.5, 0.6) is 5.75 Å². The highest BCUT2D eigenvalue weighted by Gasteiger charge is 2.34. The highest BCUT2D eigenvalue weighted by Crippen LogP contribution is 2.32. The molecule has 34 heavy (non-hydrogen) atoms. The maximum absolute atomic E-state index is 13.8. The molecule has 8 heteroatoms. The number of anilines is 1. The number of aliphatic hydroxyl groups excluding tert-OH is 1. The van der Waals surface area contributed by atoms with Crippen LogP contribution in [0.3, 0.4) is 0 Å². The predicted molar refractivity (Wildman–Crippen MR) is 127 cm³/mol. The minimum absolute atomic E-state index is 0.172. The van der Waals surface area contributed by atoms with Crippen LogP contribution in [0.25, 0.3) is 11.0 Å². The number of rotatable bonds is 6. The van der Waals surface area contributed by atoms with Crippen LogP contribution in [0.2, 0.25) is 0 Å². The van der Waals surface area contributed by atoms with Gasteiger partial charge in [0, 0.05) is 57.8 Å². The Bertz CT molecular complexity index is 1150. The van der Waals surface area contributed by atoms with Crippen molar-refractivity contribution in [2.24, 2.45) is 5.92 Å². The molecule has 0 unspecified atom stereocenters. The summed E-state index contributed by atoms with van der Waals surface area (Å²) in [6.07, 6.45) is 2.08. The zero-order valence-electron chi connectivity index (χ0n) is 19.3. The Labute approximate surface area is 198 Å². The number of β-amino-alcohol motifs (C(OH)–C–C–N with tert-alkyl or cyclic N) is 1. The van der Waals surface area contributed by atoms with Gasteiger partial charge in [-0.05, 0) is 48.7 Å². The Hall–Kier alpha value is -2.68. The number of fused-ring (bicyclic) bond motifs is 2. The molecule has 3 aliphatic rings. The Morgan fingerprint density at radius 3 is 2.85 bits per heavy atom. The van der Waals surface area contributed by atoms with Gasteiger partial charge in [0.1, 0.15) is 11.6 Å². The summed E-state index contributed by atoms with van der Waals surface area (Å²) < 4.78 is 25.4. The third-order valence-electron chi connectivity index (χ3n) is 7.45. The van der Waals surface area contributed by atoms with E-state index in [4.69, 9.17) is 9.26 Å². The monoisotopic (exact) mass is 466 g/mol. The van der Waals surface area contributed by atoms with Crippen LogP contribution in [0, 0.1) is 11.7 Å². The summed E-state index contributed by atoms with van der Waals surface area (Å²) in [7, 11) is 0. The third-order valence-corrected chi connectivity index (χ3v) is 7.45. The van der Waals surface area contributed by atoms with Crippen molar-refractivity contribution < 1.29 is 18.8 Å². The molecule has 2 atom stereocenters. The molecule has 0 radical (unpaired) electrons. The van der Waals surface area contributed by atoms with Gasteiger partial charge in [-0.25, -0.2) is 4.39 Å². The number of aromatic nitrogens is 1. The Balaban J connectivity index is 1.02. The van der Waals surface area contributed by atoms with Gasteiger partial charge < -0.3 is 19.3 Å². The van der Waals surface area contributed by atoms with Gasteiger partial charge in [0.25, 0.3) is 0 Å². The van der Waals surface area contributed by atoms with E-state index >= 15 is 0 Å². The van der Waals surface area contributed by atoms with E-state index in [1.807, 2.05) is 6.07 Å². The zero-order chi connectivity index (χ0) is 23.1. The quantitative estimate of drug-likeness (QED) is 0.599. The predicted octanol–water partition coefficient (Wildman–Crippen LogP) is 3.12. The van der Waals surface area contributed by atoms with E-state index < -0.39 is 0 Å². The topological polar surface area (TPSA) is 65.2 Å². The fraction of sp³-hybridized carbons (Fsp3) is 0.500. The second-order valence-electron chi connectivity index (χ2n) is 9.99. The van der Waals surface area contributed by atoms with Crippen molar-refractivity contribution in [1.29, 1.82) is 0 Å². The van der Waals surface area contributed by atoms with Crippen LogP contribution in [-0.2, 0) is 6.54 Å². The van der Waals surface area contributed by atoms with Crippen LogP contribution in [-0.4, -0.2) is 78.1 Å². The summed E-state index contributed by atoms with van der Waals surface area (Å²) in [5.41, 5.74) is 1.86. The fourth-order valence-electron chi connectivity index (χ4n) is 5.59. The number of piperazine rings is 1. The van der Waals surface area contributed by atoms with Crippen molar-refractivity contribution >= 4 is 16.8 Å². The molecule has 3 aliphatic heterocycles. The number of aliphatic hydroxyl groups is 1. The summed E-state index contributed by atoms with van der Waals surface area (Å²) in [6, 6.07) is 13.4. The number of benzene rings is 2. The molecule has 2 aromatic carbocycles. The zero-order valence-corrected chi connectivity index (χ0v) is 19.3. The molecule has 0 aliphatic carbocycles. The van der Waals surface area contributed by atoms with E-state index in [0.29, 0.717) is 17.5 Å². The van der Waals surface area contributed by atoms with Crippen LogP contribution >= 0.6 is 0 Å². The highest BCUT2D eigenvalue weighted by molar-refractivity contribution is 5.88. The summed E-state index contributed by atoms with van der Waals surface area (Å²) in [4.78, 5) is 7.05. The first-order valence-electron chi connectivity index (χ1n) is 12.3. The van der Waals surface area contributed by atoms with Gasteiger partial charge in [0.2, 0.25) is 0 Å². The average Bonchev–Trinajstić information content (AvgIpc) is 3.25. The van der Waals surface area contributed by atoms with Crippen molar-refractivity contribution in [2.45, 2.75) is 31.5 Å². The normalized spacial score (nSPS) is 24.2. The molecule has 0 saturated carbocycles. The molecular weight excluding hydrogens is 435 g/mol.